The molecule has 0 atom stereocenters. The molecule has 0 spiro atoms. The van der Waals surface area contributed by atoms with E-state index in [1.165, 1.54) is 11.3 Å². The van der Waals surface area contributed by atoms with Crippen molar-refractivity contribution in [1.29, 1.82) is 0 Å². The summed E-state index contributed by atoms with van der Waals surface area (Å²) in [7, 11) is 3.24. The van der Waals surface area contributed by atoms with Gasteiger partial charge in [0, 0.05) is 26.3 Å². The first kappa shape index (κ1) is 17.2. The van der Waals surface area contributed by atoms with Crippen LogP contribution in [0.4, 0.5) is 10.8 Å². The first-order valence-electron chi connectivity index (χ1n) is 6.88. The van der Waals surface area contributed by atoms with Gasteiger partial charge in [-0.25, -0.2) is 0 Å². The maximum absolute atomic E-state index is 5.30. The zero-order valence-electron chi connectivity index (χ0n) is 12.8. The Morgan fingerprint density at radius 2 is 1.62 bits per heavy atom. The molecule has 0 saturated heterocycles. The van der Waals surface area contributed by atoms with Crippen molar-refractivity contribution in [2.75, 3.05) is 19.5 Å². The molecule has 3 rings (SSSR count). The first-order valence-corrected chi connectivity index (χ1v) is 9.28. The average molecular weight is 471 g/mol. The molecule has 0 bridgehead atoms. The van der Waals surface area contributed by atoms with Crippen molar-refractivity contribution in [2.45, 2.75) is 0 Å². The number of aromatic nitrogens is 2. The van der Waals surface area contributed by atoms with Crippen LogP contribution >= 0.6 is 43.2 Å². The van der Waals surface area contributed by atoms with Crippen LogP contribution in [0, 0.1) is 0 Å². The minimum atomic E-state index is 0.709. The lowest BCUT2D eigenvalue weighted by Crippen LogP contribution is -1.89. The van der Waals surface area contributed by atoms with Crippen LogP contribution in [0.2, 0.25) is 0 Å². The number of nitrogens with zero attached hydrogens (tertiary/aromatic N) is 2. The van der Waals surface area contributed by atoms with Crippen molar-refractivity contribution in [2.24, 2.45) is 0 Å². The van der Waals surface area contributed by atoms with Crippen LogP contribution in [0.1, 0.15) is 0 Å². The van der Waals surface area contributed by atoms with Crippen molar-refractivity contribution in [3.63, 3.8) is 0 Å². The number of ether oxygens (including phenoxy) is 2. The van der Waals surface area contributed by atoms with Crippen molar-refractivity contribution >= 4 is 54.0 Å². The molecular formula is C16H13Br2N3O2S. The van der Waals surface area contributed by atoms with Crippen LogP contribution in [0.25, 0.3) is 10.6 Å². The summed E-state index contributed by atoms with van der Waals surface area (Å²) in [5, 5.41) is 13.2. The van der Waals surface area contributed by atoms with Crippen LogP contribution in [0.15, 0.2) is 45.3 Å². The number of rotatable bonds is 5. The number of halogens is 2. The Kier molecular flexibility index (Phi) is 5.37. The average Bonchev–Trinajstić information content (AvgIpc) is 3.06. The van der Waals surface area contributed by atoms with Gasteiger partial charge in [0.2, 0.25) is 5.13 Å². The summed E-state index contributed by atoms with van der Waals surface area (Å²) < 4.78 is 12.6. The molecule has 0 aliphatic carbocycles. The lowest BCUT2D eigenvalue weighted by molar-refractivity contribution is 0.394. The second-order valence-electron chi connectivity index (χ2n) is 4.77. The Labute approximate surface area is 160 Å². The summed E-state index contributed by atoms with van der Waals surface area (Å²) in [6.45, 7) is 0. The van der Waals surface area contributed by atoms with Crippen LogP contribution < -0.4 is 14.8 Å². The molecule has 0 unspecified atom stereocenters. The molecule has 0 amide bonds. The Hall–Kier alpha value is -1.64. The monoisotopic (exact) mass is 469 g/mol. The Bertz CT molecular complexity index is 848. The highest BCUT2D eigenvalue weighted by Gasteiger charge is 2.10. The Morgan fingerprint density at radius 1 is 0.917 bits per heavy atom. The molecule has 0 fully saturated rings. The molecule has 8 heteroatoms. The van der Waals surface area contributed by atoms with Gasteiger partial charge in [0.15, 0.2) is 0 Å². The summed E-state index contributed by atoms with van der Waals surface area (Å²) in [5.74, 6) is 1.43. The second-order valence-corrected chi connectivity index (χ2v) is 7.45. The zero-order valence-corrected chi connectivity index (χ0v) is 16.8. The molecular weight excluding hydrogens is 458 g/mol. The zero-order chi connectivity index (χ0) is 17.1. The third-order valence-corrected chi connectivity index (χ3v) is 5.96. The number of benzene rings is 2. The Balaban J connectivity index is 1.86. The lowest BCUT2D eigenvalue weighted by atomic mass is 10.2. The van der Waals surface area contributed by atoms with Gasteiger partial charge in [-0.15, -0.1) is 10.2 Å². The molecule has 1 aromatic heterocycles. The number of hydrogen-bond acceptors (Lipinski definition) is 6. The largest absolute Gasteiger partial charge is 0.497 e. The van der Waals surface area contributed by atoms with Crippen LogP contribution in [0.3, 0.4) is 0 Å². The quantitative estimate of drug-likeness (QED) is 0.534. The number of nitrogens with one attached hydrogen (secondary N) is 1. The van der Waals surface area contributed by atoms with E-state index in [1.807, 2.05) is 36.4 Å². The van der Waals surface area contributed by atoms with Crippen molar-refractivity contribution in [1.82, 2.24) is 10.2 Å². The summed E-state index contributed by atoms with van der Waals surface area (Å²) in [5.41, 5.74) is 1.82. The molecule has 0 aliphatic rings. The fourth-order valence-corrected chi connectivity index (χ4v) is 3.40. The standard InChI is InChI=1S/C16H13Br2N3O2S/c1-22-11-5-9(6-12(8-11)23-2)15-20-21-16(24-15)19-10-3-4-13(17)14(18)7-10/h3-8H,1-2H3,(H,19,21). The van der Waals surface area contributed by atoms with E-state index in [1.54, 1.807) is 14.2 Å². The molecule has 0 aliphatic heterocycles. The van der Waals surface area contributed by atoms with Gasteiger partial charge >= 0.3 is 0 Å². The SMILES string of the molecule is COc1cc(OC)cc(-c2nnc(Nc3ccc(Br)c(Br)c3)s2)c1. The molecule has 0 radical (unpaired) electrons. The predicted molar refractivity (Wildman–Crippen MR) is 104 cm³/mol. The third-order valence-electron chi connectivity index (χ3n) is 3.19. The molecule has 2 aromatic carbocycles. The van der Waals surface area contributed by atoms with E-state index in [9.17, 15) is 0 Å². The van der Waals surface area contributed by atoms with Gasteiger partial charge in [0.05, 0.1) is 14.2 Å². The predicted octanol–water partition coefficient (Wildman–Crippen LogP) is 5.49. The highest BCUT2D eigenvalue weighted by molar-refractivity contribution is 9.13. The number of methoxy groups -OCH3 is 2. The van der Waals surface area contributed by atoms with Crippen LogP contribution in [-0.2, 0) is 0 Å². The highest BCUT2D eigenvalue weighted by atomic mass is 79.9. The van der Waals surface area contributed by atoms with Gasteiger partial charge in [0.1, 0.15) is 16.5 Å². The van der Waals surface area contributed by atoms with Crippen molar-refractivity contribution in [3.8, 4) is 22.1 Å². The van der Waals surface area contributed by atoms with E-state index in [0.717, 1.165) is 25.2 Å². The van der Waals surface area contributed by atoms with E-state index in [2.05, 4.69) is 47.4 Å². The van der Waals surface area contributed by atoms with Crippen LogP contribution in [-0.4, -0.2) is 24.4 Å². The van der Waals surface area contributed by atoms with Gasteiger partial charge in [-0.3, -0.25) is 0 Å². The molecule has 0 saturated carbocycles. The van der Waals surface area contributed by atoms with Crippen LogP contribution in [0.5, 0.6) is 11.5 Å². The normalized spacial score (nSPS) is 10.5. The van der Waals surface area contributed by atoms with E-state index >= 15 is 0 Å². The van der Waals surface area contributed by atoms with Gasteiger partial charge in [-0.05, 0) is 62.2 Å². The lowest BCUT2D eigenvalue weighted by Gasteiger charge is -2.06. The van der Waals surface area contributed by atoms with Gasteiger partial charge < -0.3 is 14.8 Å². The first-order chi connectivity index (χ1) is 11.6. The van der Waals surface area contributed by atoms with Gasteiger partial charge in [-0.2, -0.15) is 0 Å². The van der Waals surface area contributed by atoms with Crippen molar-refractivity contribution < 1.29 is 9.47 Å². The third kappa shape index (κ3) is 3.88. The van der Waals surface area contributed by atoms with Gasteiger partial charge in [0.25, 0.3) is 0 Å². The van der Waals surface area contributed by atoms with E-state index in [-0.39, 0.29) is 0 Å². The molecule has 3 aromatic rings. The molecule has 1 heterocycles. The van der Waals surface area contributed by atoms with E-state index in [0.29, 0.717) is 16.6 Å². The summed E-state index contributed by atoms with van der Waals surface area (Å²) in [6.07, 6.45) is 0. The van der Waals surface area contributed by atoms with Crippen molar-refractivity contribution in [3.05, 3.63) is 45.3 Å². The summed E-state index contributed by atoms with van der Waals surface area (Å²) in [4.78, 5) is 0. The molecule has 124 valence electrons. The fraction of sp³-hybridized carbons (Fsp3) is 0.125. The fourth-order valence-electron chi connectivity index (χ4n) is 2.02. The van der Waals surface area contributed by atoms with Gasteiger partial charge in [-0.1, -0.05) is 11.3 Å². The summed E-state index contributed by atoms with van der Waals surface area (Å²) in [6, 6.07) is 11.5. The highest BCUT2D eigenvalue weighted by Crippen LogP contribution is 2.34. The topological polar surface area (TPSA) is 56.3 Å². The maximum Gasteiger partial charge on any atom is 0.210 e. The molecule has 5 nitrogen and oxygen atoms in total. The smallest absolute Gasteiger partial charge is 0.210 e. The minimum Gasteiger partial charge on any atom is -0.497 e. The molecule has 1 N–H and O–H groups in total. The number of hydrogen-bond donors (Lipinski definition) is 1. The second kappa shape index (κ2) is 7.50. The summed E-state index contributed by atoms with van der Waals surface area (Å²) >= 11 is 8.40. The molecule has 24 heavy (non-hydrogen) atoms. The minimum absolute atomic E-state index is 0.709. The Morgan fingerprint density at radius 3 is 2.25 bits per heavy atom. The maximum atomic E-state index is 5.30. The van der Waals surface area contributed by atoms with E-state index in [4.69, 9.17) is 9.47 Å². The van der Waals surface area contributed by atoms with E-state index < -0.39 is 0 Å². The number of anilines is 2.